The van der Waals surface area contributed by atoms with E-state index >= 15 is 0 Å². The molecule has 0 spiro atoms. The zero-order valence-electron chi connectivity index (χ0n) is 12.3. The highest BCUT2D eigenvalue weighted by atomic mass is 127. The summed E-state index contributed by atoms with van der Waals surface area (Å²) in [6, 6.07) is 10.1. The molecule has 2 aliphatic heterocycles. The van der Waals surface area contributed by atoms with E-state index in [1.165, 1.54) is 0 Å². The normalized spacial score (nSPS) is 20.7. The van der Waals surface area contributed by atoms with Crippen molar-refractivity contribution in [3.63, 3.8) is 0 Å². The van der Waals surface area contributed by atoms with Crippen molar-refractivity contribution in [1.82, 2.24) is 0 Å². The summed E-state index contributed by atoms with van der Waals surface area (Å²) in [5.74, 6) is 0.119. The molecule has 0 fully saturated rings. The fourth-order valence-electron chi connectivity index (χ4n) is 2.90. The van der Waals surface area contributed by atoms with Crippen LogP contribution >= 0.6 is 22.6 Å². The first-order chi connectivity index (χ1) is 11.5. The summed E-state index contributed by atoms with van der Waals surface area (Å²) < 4.78 is 11.3. The molecule has 0 aromatic heterocycles. The third kappa shape index (κ3) is 2.35. The van der Waals surface area contributed by atoms with Crippen molar-refractivity contribution < 1.29 is 24.2 Å². The number of hydrogen-bond acceptors (Lipinski definition) is 5. The van der Waals surface area contributed by atoms with E-state index in [1.54, 1.807) is 30.3 Å². The number of carbonyl (C=O) groups excluding carboxylic acids is 2. The highest BCUT2D eigenvalue weighted by Gasteiger charge is 2.47. The number of anilines is 1. The molecule has 1 unspecified atom stereocenters. The molecule has 6 nitrogen and oxygen atoms in total. The molecule has 0 radical (unpaired) electrons. The van der Waals surface area contributed by atoms with Gasteiger partial charge in [0.2, 0.25) is 6.79 Å². The molecule has 122 valence electrons. The summed E-state index contributed by atoms with van der Waals surface area (Å²) in [5.41, 5.74) is -0.557. The van der Waals surface area contributed by atoms with Crippen molar-refractivity contribution in [3.05, 3.63) is 51.1 Å². The first kappa shape index (κ1) is 15.4. The van der Waals surface area contributed by atoms with Crippen molar-refractivity contribution in [1.29, 1.82) is 0 Å². The number of carbonyl (C=O) groups is 2. The van der Waals surface area contributed by atoms with Crippen molar-refractivity contribution in [3.8, 4) is 11.5 Å². The van der Waals surface area contributed by atoms with Gasteiger partial charge >= 0.3 is 0 Å². The average molecular weight is 437 g/mol. The number of rotatable bonds is 3. The standard InChI is InChI=1S/C17H12INO5/c18-10-2-3-12-11(6-10)17(22,16(21)19-12)7-13(20)9-1-4-14-15(5-9)24-8-23-14/h1-6,22H,7-8H2,(H,19,21). The number of benzene rings is 2. The van der Waals surface area contributed by atoms with Gasteiger partial charge in [0.05, 0.1) is 6.42 Å². The Morgan fingerprint density at radius 2 is 2.00 bits per heavy atom. The van der Waals surface area contributed by atoms with E-state index in [4.69, 9.17) is 9.47 Å². The molecule has 0 aliphatic carbocycles. The van der Waals surface area contributed by atoms with E-state index in [9.17, 15) is 14.7 Å². The number of nitrogens with one attached hydrogen (secondary N) is 1. The summed E-state index contributed by atoms with van der Waals surface area (Å²) in [5, 5.41) is 13.5. The first-order valence-corrected chi connectivity index (χ1v) is 8.32. The topological polar surface area (TPSA) is 84.9 Å². The van der Waals surface area contributed by atoms with E-state index in [0.717, 1.165) is 3.57 Å². The van der Waals surface area contributed by atoms with Gasteiger partial charge in [0.25, 0.3) is 5.91 Å². The molecule has 0 saturated carbocycles. The van der Waals surface area contributed by atoms with Crippen molar-refractivity contribution >= 4 is 40.0 Å². The van der Waals surface area contributed by atoms with Crippen molar-refractivity contribution in [2.24, 2.45) is 0 Å². The van der Waals surface area contributed by atoms with Crippen LogP contribution in [-0.4, -0.2) is 23.6 Å². The third-order valence-corrected chi connectivity index (χ3v) is 4.83. The second-order valence-corrected chi connectivity index (χ2v) is 6.92. The Bertz CT molecular complexity index is 881. The number of halogens is 1. The highest BCUT2D eigenvalue weighted by Crippen LogP contribution is 2.40. The summed E-state index contributed by atoms with van der Waals surface area (Å²) in [4.78, 5) is 24.9. The van der Waals surface area contributed by atoms with Crippen molar-refractivity contribution in [2.75, 3.05) is 12.1 Å². The van der Waals surface area contributed by atoms with Gasteiger partial charge in [-0.15, -0.1) is 0 Å². The molecule has 2 aromatic carbocycles. The van der Waals surface area contributed by atoms with Crippen LogP contribution in [0.15, 0.2) is 36.4 Å². The van der Waals surface area contributed by atoms with Crippen LogP contribution in [-0.2, 0) is 10.4 Å². The Labute approximate surface area is 150 Å². The number of Topliss-reactive ketones (excluding diaryl/α,β-unsaturated/α-hetero) is 1. The predicted molar refractivity (Wildman–Crippen MR) is 93.2 cm³/mol. The number of amides is 1. The molecule has 7 heteroatoms. The number of ether oxygens (including phenoxy) is 2. The van der Waals surface area contributed by atoms with E-state index in [1.807, 2.05) is 6.07 Å². The monoisotopic (exact) mass is 437 g/mol. The Kier molecular flexibility index (Phi) is 3.50. The Morgan fingerprint density at radius 1 is 1.21 bits per heavy atom. The van der Waals surface area contributed by atoms with E-state index in [0.29, 0.717) is 28.3 Å². The van der Waals surface area contributed by atoms with Gasteiger partial charge in [-0.1, -0.05) is 0 Å². The first-order valence-electron chi connectivity index (χ1n) is 7.24. The van der Waals surface area contributed by atoms with Crippen LogP contribution in [0.25, 0.3) is 0 Å². The fraction of sp³-hybridized carbons (Fsp3) is 0.176. The lowest BCUT2D eigenvalue weighted by molar-refractivity contribution is -0.133. The largest absolute Gasteiger partial charge is 0.454 e. The van der Waals surface area contributed by atoms with Crippen LogP contribution in [0, 0.1) is 3.57 Å². The minimum Gasteiger partial charge on any atom is -0.454 e. The number of hydrogen-bond donors (Lipinski definition) is 2. The SMILES string of the molecule is O=C(CC1(O)C(=O)Nc2ccc(I)cc21)c1ccc2c(c1)OCO2. The highest BCUT2D eigenvalue weighted by molar-refractivity contribution is 14.1. The summed E-state index contributed by atoms with van der Waals surface area (Å²) in [6.45, 7) is 0.116. The van der Waals surface area contributed by atoms with Crippen LogP contribution in [0.2, 0.25) is 0 Å². The average Bonchev–Trinajstić information content (AvgIpc) is 3.11. The van der Waals surface area contributed by atoms with E-state index in [-0.39, 0.29) is 19.0 Å². The molecular weight excluding hydrogens is 425 g/mol. The van der Waals surface area contributed by atoms with Gasteiger partial charge in [-0.2, -0.15) is 0 Å². The van der Waals surface area contributed by atoms with Crippen LogP contribution in [0.5, 0.6) is 11.5 Å². The Hall–Kier alpha value is -2.13. The van der Waals surface area contributed by atoms with Crippen LogP contribution < -0.4 is 14.8 Å². The lowest BCUT2D eigenvalue weighted by Gasteiger charge is -2.20. The second-order valence-electron chi connectivity index (χ2n) is 5.67. The predicted octanol–water partition coefficient (Wildman–Crippen LogP) is 2.43. The van der Waals surface area contributed by atoms with Gasteiger partial charge in [-0.3, -0.25) is 9.59 Å². The molecule has 2 N–H and O–H groups in total. The van der Waals surface area contributed by atoms with Crippen LogP contribution in [0.3, 0.4) is 0 Å². The lowest BCUT2D eigenvalue weighted by atomic mass is 9.88. The van der Waals surface area contributed by atoms with Gasteiger partial charge in [0.15, 0.2) is 22.9 Å². The Morgan fingerprint density at radius 3 is 2.83 bits per heavy atom. The summed E-state index contributed by atoms with van der Waals surface area (Å²) in [6.07, 6.45) is -0.342. The molecule has 24 heavy (non-hydrogen) atoms. The smallest absolute Gasteiger partial charge is 0.261 e. The molecule has 1 amide bonds. The van der Waals surface area contributed by atoms with Gasteiger partial charge < -0.3 is 19.9 Å². The number of fused-ring (bicyclic) bond motifs is 2. The molecule has 2 aromatic rings. The fourth-order valence-corrected chi connectivity index (χ4v) is 3.39. The van der Waals surface area contributed by atoms with Gasteiger partial charge in [-0.25, -0.2) is 0 Å². The van der Waals surface area contributed by atoms with E-state index < -0.39 is 11.5 Å². The molecule has 2 aliphatic rings. The summed E-state index contributed by atoms with van der Waals surface area (Å²) >= 11 is 2.10. The van der Waals surface area contributed by atoms with E-state index in [2.05, 4.69) is 27.9 Å². The zero-order chi connectivity index (χ0) is 16.9. The second kappa shape index (κ2) is 5.45. The molecule has 1 atom stereocenters. The number of aliphatic hydroxyl groups is 1. The minimum absolute atomic E-state index is 0.116. The maximum absolute atomic E-state index is 12.6. The zero-order valence-corrected chi connectivity index (χ0v) is 14.5. The maximum Gasteiger partial charge on any atom is 0.261 e. The summed E-state index contributed by atoms with van der Waals surface area (Å²) in [7, 11) is 0. The maximum atomic E-state index is 12.6. The number of ketones is 1. The van der Waals surface area contributed by atoms with Gasteiger partial charge in [0, 0.05) is 20.4 Å². The minimum atomic E-state index is -1.87. The third-order valence-electron chi connectivity index (χ3n) is 4.16. The molecular formula is C17H12INO5. The quantitative estimate of drug-likeness (QED) is 0.570. The van der Waals surface area contributed by atoms with Crippen LogP contribution in [0.4, 0.5) is 5.69 Å². The van der Waals surface area contributed by atoms with Gasteiger partial charge in [0.1, 0.15) is 0 Å². The van der Waals surface area contributed by atoms with Crippen LogP contribution in [0.1, 0.15) is 22.3 Å². The molecule has 2 heterocycles. The lowest BCUT2D eigenvalue weighted by Crippen LogP contribution is -2.36. The van der Waals surface area contributed by atoms with Crippen molar-refractivity contribution in [2.45, 2.75) is 12.0 Å². The molecule has 0 saturated heterocycles. The molecule has 0 bridgehead atoms. The Balaban J connectivity index is 1.66. The molecule has 4 rings (SSSR count). The van der Waals surface area contributed by atoms with Gasteiger partial charge in [-0.05, 0) is 59.0 Å².